The lowest BCUT2D eigenvalue weighted by atomic mass is 10.2. The second-order valence-corrected chi connectivity index (χ2v) is 4.56. The number of rotatable bonds is 5. The van der Waals surface area contributed by atoms with Gasteiger partial charge in [-0.3, -0.25) is 16.0 Å². The highest BCUT2D eigenvalue weighted by molar-refractivity contribution is 7.98. The molecule has 2 aromatic rings. The highest BCUT2D eigenvalue weighted by Gasteiger charge is 2.13. The summed E-state index contributed by atoms with van der Waals surface area (Å²) < 4.78 is 5.22. The maximum Gasteiger partial charge on any atom is 0.293 e. The largest absolute Gasteiger partial charge is 0.416 e. The van der Waals surface area contributed by atoms with Gasteiger partial charge in [-0.25, -0.2) is 0 Å². The fourth-order valence-corrected chi connectivity index (χ4v) is 2.18. The van der Waals surface area contributed by atoms with Crippen LogP contribution in [0.3, 0.4) is 0 Å². The van der Waals surface area contributed by atoms with Crippen molar-refractivity contribution >= 4 is 23.1 Å². The molecule has 9 heteroatoms. The molecular weight excluding hydrogens is 270 g/mol. The zero-order chi connectivity index (χ0) is 13.8. The second-order valence-electron chi connectivity index (χ2n) is 3.63. The van der Waals surface area contributed by atoms with Crippen LogP contribution in [0.1, 0.15) is 11.5 Å². The molecular formula is C10H11N5O3S. The van der Waals surface area contributed by atoms with Gasteiger partial charge in [0.05, 0.1) is 4.92 Å². The quantitative estimate of drug-likeness (QED) is 0.369. The van der Waals surface area contributed by atoms with Crippen LogP contribution in [0.2, 0.25) is 0 Å². The Morgan fingerprint density at radius 3 is 2.89 bits per heavy atom. The Bertz CT molecular complexity index is 601. The molecule has 0 aliphatic heterocycles. The lowest BCUT2D eigenvalue weighted by molar-refractivity contribution is -0.384. The summed E-state index contributed by atoms with van der Waals surface area (Å²) in [6.45, 7) is 1.71. The predicted octanol–water partition coefficient (Wildman–Crippen LogP) is 1.86. The number of aromatic nitrogens is 2. The van der Waals surface area contributed by atoms with Gasteiger partial charge in [-0.15, -0.1) is 10.2 Å². The van der Waals surface area contributed by atoms with E-state index < -0.39 is 4.92 Å². The topological polar surface area (TPSA) is 120 Å². The van der Waals surface area contributed by atoms with Gasteiger partial charge in [-0.05, 0) is 11.6 Å². The second kappa shape index (κ2) is 5.67. The SMILES string of the molecule is Cc1nnc(SCc2ccc([N+](=O)[O-])c(NN)c2)o1. The lowest BCUT2D eigenvalue weighted by Gasteiger charge is -2.04. The van der Waals surface area contributed by atoms with E-state index >= 15 is 0 Å². The number of hydrogen-bond acceptors (Lipinski definition) is 8. The Balaban J connectivity index is 2.11. The molecule has 0 saturated heterocycles. The van der Waals surface area contributed by atoms with Crippen molar-refractivity contribution in [2.75, 3.05) is 5.43 Å². The number of anilines is 1. The molecule has 19 heavy (non-hydrogen) atoms. The first-order chi connectivity index (χ1) is 9.10. The van der Waals surface area contributed by atoms with E-state index in [9.17, 15) is 10.1 Å². The summed E-state index contributed by atoms with van der Waals surface area (Å²) in [5.74, 6) is 6.31. The third kappa shape index (κ3) is 3.20. The van der Waals surface area contributed by atoms with Gasteiger partial charge in [0.2, 0.25) is 5.89 Å². The van der Waals surface area contributed by atoms with Gasteiger partial charge in [-0.2, -0.15) is 0 Å². The summed E-state index contributed by atoms with van der Waals surface area (Å²) in [5, 5.41) is 18.8. The maximum atomic E-state index is 10.7. The molecule has 0 fully saturated rings. The molecule has 0 amide bonds. The standard InChI is InChI=1S/C10H11N5O3S/c1-6-13-14-10(18-6)19-5-7-2-3-9(15(16)17)8(4-7)12-11/h2-4,12H,5,11H2,1H3. The Morgan fingerprint density at radius 1 is 1.53 bits per heavy atom. The van der Waals surface area contributed by atoms with E-state index in [-0.39, 0.29) is 11.4 Å². The number of nitrogens with two attached hydrogens (primary N) is 1. The lowest BCUT2D eigenvalue weighted by Crippen LogP contribution is -2.09. The van der Waals surface area contributed by atoms with E-state index in [4.69, 9.17) is 10.3 Å². The van der Waals surface area contributed by atoms with Gasteiger partial charge in [0.1, 0.15) is 5.69 Å². The molecule has 0 radical (unpaired) electrons. The van der Waals surface area contributed by atoms with E-state index in [0.717, 1.165) is 5.56 Å². The number of benzene rings is 1. The van der Waals surface area contributed by atoms with Gasteiger partial charge in [-0.1, -0.05) is 17.8 Å². The van der Waals surface area contributed by atoms with Crippen LogP contribution in [-0.2, 0) is 5.75 Å². The van der Waals surface area contributed by atoms with E-state index in [2.05, 4.69) is 15.6 Å². The van der Waals surface area contributed by atoms with Crippen molar-refractivity contribution in [2.24, 2.45) is 5.84 Å². The fourth-order valence-electron chi connectivity index (χ4n) is 1.43. The first-order valence-corrected chi connectivity index (χ1v) is 6.25. The minimum atomic E-state index is -0.493. The number of nitrogens with zero attached hydrogens (tertiary/aromatic N) is 3. The Hall–Kier alpha value is -2.13. The number of hydrogen-bond donors (Lipinski definition) is 2. The van der Waals surface area contributed by atoms with Gasteiger partial charge in [0.15, 0.2) is 0 Å². The van der Waals surface area contributed by atoms with Gasteiger partial charge >= 0.3 is 0 Å². The fraction of sp³-hybridized carbons (Fsp3) is 0.200. The van der Waals surface area contributed by atoms with Gasteiger partial charge in [0.25, 0.3) is 10.9 Å². The maximum absolute atomic E-state index is 10.7. The van der Waals surface area contributed by atoms with Crippen molar-refractivity contribution in [2.45, 2.75) is 17.9 Å². The van der Waals surface area contributed by atoms with Crippen molar-refractivity contribution < 1.29 is 9.34 Å². The van der Waals surface area contributed by atoms with Crippen molar-refractivity contribution in [1.82, 2.24) is 10.2 Å². The predicted molar refractivity (Wildman–Crippen MR) is 69.5 cm³/mol. The van der Waals surface area contributed by atoms with Gasteiger partial charge < -0.3 is 9.84 Å². The summed E-state index contributed by atoms with van der Waals surface area (Å²) in [6, 6.07) is 4.69. The molecule has 0 spiro atoms. The molecule has 0 bridgehead atoms. The van der Waals surface area contributed by atoms with Crippen LogP contribution >= 0.6 is 11.8 Å². The average molecular weight is 281 g/mol. The molecule has 0 aliphatic carbocycles. The first kappa shape index (κ1) is 13.3. The highest BCUT2D eigenvalue weighted by atomic mass is 32.2. The number of hydrazine groups is 1. The molecule has 1 aromatic heterocycles. The molecule has 8 nitrogen and oxygen atoms in total. The minimum absolute atomic E-state index is 0.0649. The Kier molecular flexibility index (Phi) is 3.97. The highest BCUT2D eigenvalue weighted by Crippen LogP contribution is 2.28. The number of nitro benzene ring substituents is 1. The smallest absolute Gasteiger partial charge is 0.293 e. The summed E-state index contributed by atoms with van der Waals surface area (Å²) in [4.78, 5) is 10.3. The van der Waals surface area contributed by atoms with Crippen molar-refractivity contribution in [3.8, 4) is 0 Å². The van der Waals surface area contributed by atoms with Crippen LogP contribution in [0, 0.1) is 17.0 Å². The molecule has 0 saturated carbocycles. The molecule has 3 N–H and O–H groups in total. The third-order valence-electron chi connectivity index (χ3n) is 2.28. The molecule has 0 aliphatic rings. The summed E-state index contributed by atoms with van der Waals surface area (Å²) in [6.07, 6.45) is 0. The van der Waals surface area contributed by atoms with E-state index in [1.54, 1.807) is 19.1 Å². The first-order valence-electron chi connectivity index (χ1n) is 5.27. The summed E-state index contributed by atoms with van der Waals surface area (Å²) >= 11 is 1.35. The molecule has 0 atom stereocenters. The van der Waals surface area contributed by atoms with E-state index in [1.165, 1.54) is 17.8 Å². The van der Waals surface area contributed by atoms with Crippen LogP contribution in [0.5, 0.6) is 0 Å². The third-order valence-corrected chi connectivity index (χ3v) is 3.17. The van der Waals surface area contributed by atoms with E-state index in [0.29, 0.717) is 16.9 Å². The minimum Gasteiger partial charge on any atom is -0.416 e. The monoisotopic (exact) mass is 281 g/mol. The zero-order valence-electron chi connectivity index (χ0n) is 9.99. The number of nitrogens with one attached hydrogen (secondary N) is 1. The summed E-state index contributed by atoms with van der Waals surface area (Å²) in [5.41, 5.74) is 3.38. The number of thioether (sulfide) groups is 1. The summed E-state index contributed by atoms with van der Waals surface area (Å²) in [7, 11) is 0. The molecule has 0 unspecified atom stereocenters. The average Bonchev–Trinajstić information content (AvgIpc) is 2.81. The van der Waals surface area contributed by atoms with Crippen LogP contribution in [0.25, 0.3) is 0 Å². The van der Waals surface area contributed by atoms with Crippen LogP contribution in [0.15, 0.2) is 27.8 Å². The van der Waals surface area contributed by atoms with Crippen molar-refractivity contribution in [1.29, 1.82) is 0 Å². The molecule has 2 rings (SSSR count). The Morgan fingerprint density at radius 2 is 2.32 bits per heavy atom. The number of aryl methyl sites for hydroxylation is 1. The normalized spacial score (nSPS) is 10.4. The number of nitrogen functional groups attached to an aromatic ring is 1. The molecule has 1 heterocycles. The van der Waals surface area contributed by atoms with Crippen molar-refractivity contribution in [3.05, 3.63) is 39.8 Å². The zero-order valence-corrected chi connectivity index (χ0v) is 10.8. The molecule has 1 aromatic carbocycles. The van der Waals surface area contributed by atoms with E-state index in [1.807, 2.05) is 0 Å². The van der Waals surface area contributed by atoms with Crippen LogP contribution < -0.4 is 11.3 Å². The Labute approximate surface area is 112 Å². The van der Waals surface area contributed by atoms with Crippen molar-refractivity contribution in [3.63, 3.8) is 0 Å². The van der Waals surface area contributed by atoms with Crippen LogP contribution in [0.4, 0.5) is 11.4 Å². The van der Waals surface area contributed by atoms with Gasteiger partial charge in [0, 0.05) is 18.7 Å². The van der Waals surface area contributed by atoms with Crippen LogP contribution in [-0.4, -0.2) is 15.1 Å². The number of nitro groups is 1. The molecule has 100 valence electrons.